The van der Waals surface area contributed by atoms with E-state index in [0.717, 1.165) is 0 Å². The maximum atomic E-state index is 11.6. The van der Waals surface area contributed by atoms with Gasteiger partial charge in [0.2, 0.25) is 0 Å². The summed E-state index contributed by atoms with van der Waals surface area (Å²) in [4.78, 5) is 15.5. The van der Waals surface area contributed by atoms with E-state index in [9.17, 15) is 4.79 Å². The van der Waals surface area contributed by atoms with Crippen molar-refractivity contribution >= 4 is 23.3 Å². The van der Waals surface area contributed by atoms with Crippen LogP contribution in [0.1, 0.15) is 20.3 Å². The first kappa shape index (κ1) is 13.7. The van der Waals surface area contributed by atoms with E-state index in [1.165, 1.54) is 6.20 Å². The molecule has 5 nitrogen and oxygen atoms in total. The van der Waals surface area contributed by atoms with E-state index >= 15 is 0 Å². The third-order valence-corrected chi connectivity index (χ3v) is 2.38. The lowest BCUT2D eigenvalue weighted by molar-refractivity contribution is 0.218. The minimum Gasteiger partial charge on any atom is -0.396 e. The number of hydrogen-bond acceptors (Lipinski definition) is 3. The van der Waals surface area contributed by atoms with Crippen molar-refractivity contribution in [3.05, 3.63) is 23.5 Å². The van der Waals surface area contributed by atoms with Gasteiger partial charge in [-0.1, -0.05) is 11.6 Å². The van der Waals surface area contributed by atoms with Gasteiger partial charge in [0.1, 0.15) is 5.15 Å². The molecule has 0 bridgehead atoms. The predicted octanol–water partition coefficient (Wildman–Crippen LogP) is 2.02. The zero-order chi connectivity index (χ0) is 12.9. The van der Waals surface area contributed by atoms with Gasteiger partial charge in [-0.15, -0.1) is 0 Å². The highest BCUT2D eigenvalue weighted by Crippen LogP contribution is 2.13. The van der Waals surface area contributed by atoms with Crippen LogP contribution in [0, 0.1) is 0 Å². The smallest absolute Gasteiger partial charge is 0.319 e. The van der Waals surface area contributed by atoms with Crippen molar-refractivity contribution in [2.24, 2.45) is 0 Å². The lowest BCUT2D eigenvalue weighted by atomic mass is 10.0. The molecule has 0 aliphatic carbocycles. The summed E-state index contributed by atoms with van der Waals surface area (Å²) in [5, 5.41) is 14.6. The Kier molecular flexibility index (Phi) is 4.72. The van der Waals surface area contributed by atoms with Gasteiger partial charge in [-0.2, -0.15) is 0 Å². The fourth-order valence-corrected chi connectivity index (χ4v) is 1.47. The third-order valence-electron chi connectivity index (χ3n) is 2.17. The van der Waals surface area contributed by atoms with Crippen LogP contribution in [0.2, 0.25) is 5.15 Å². The maximum absolute atomic E-state index is 11.6. The Labute approximate surface area is 105 Å². The molecule has 1 rings (SSSR count). The number of aliphatic hydroxyl groups is 1. The third kappa shape index (κ3) is 5.01. The number of rotatable bonds is 4. The molecule has 3 N–H and O–H groups in total. The standard InChI is InChI=1S/C11H16ClN3O2/c1-11(2,4-6-16)15-10(17)14-8-3-5-13-9(12)7-8/h3,5,7,16H,4,6H2,1-2H3,(H2,13,14,15,17). The highest BCUT2D eigenvalue weighted by Gasteiger charge is 2.19. The van der Waals surface area contributed by atoms with Crippen LogP contribution >= 0.6 is 11.6 Å². The molecule has 1 aromatic heterocycles. The quantitative estimate of drug-likeness (QED) is 0.723. The Morgan fingerprint density at radius 1 is 1.59 bits per heavy atom. The summed E-state index contributed by atoms with van der Waals surface area (Å²) in [7, 11) is 0. The molecular formula is C11H16ClN3O2. The Bertz CT molecular complexity index is 396. The number of nitrogens with zero attached hydrogens (tertiary/aromatic N) is 1. The number of aliphatic hydroxyl groups excluding tert-OH is 1. The van der Waals surface area contributed by atoms with Gasteiger partial charge >= 0.3 is 6.03 Å². The van der Waals surface area contributed by atoms with Crippen molar-refractivity contribution in [3.63, 3.8) is 0 Å². The topological polar surface area (TPSA) is 74.2 Å². The second-order valence-electron chi connectivity index (χ2n) is 4.30. The van der Waals surface area contributed by atoms with Gasteiger partial charge in [-0.25, -0.2) is 9.78 Å². The molecule has 0 atom stereocenters. The highest BCUT2D eigenvalue weighted by molar-refractivity contribution is 6.29. The van der Waals surface area contributed by atoms with Crippen molar-refractivity contribution < 1.29 is 9.90 Å². The van der Waals surface area contributed by atoms with E-state index in [-0.39, 0.29) is 12.6 Å². The van der Waals surface area contributed by atoms with Crippen molar-refractivity contribution in [3.8, 4) is 0 Å². The average molecular weight is 258 g/mol. The van der Waals surface area contributed by atoms with E-state index in [4.69, 9.17) is 16.7 Å². The van der Waals surface area contributed by atoms with E-state index in [1.54, 1.807) is 12.1 Å². The van der Waals surface area contributed by atoms with E-state index in [1.807, 2.05) is 13.8 Å². The van der Waals surface area contributed by atoms with Gasteiger partial charge in [-0.3, -0.25) is 0 Å². The molecule has 2 amide bonds. The Hall–Kier alpha value is -1.33. The predicted molar refractivity (Wildman–Crippen MR) is 67.2 cm³/mol. The lowest BCUT2D eigenvalue weighted by Gasteiger charge is -2.25. The number of anilines is 1. The number of urea groups is 1. The number of pyridine rings is 1. The summed E-state index contributed by atoms with van der Waals surface area (Å²) >= 11 is 5.70. The minimum atomic E-state index is -0.463. The van der Waals surface area contributed by atoms with E-state index in [2.05, 4.69) is 15.6 Å². The maximum Gasteiger partial charge on any atom is 0.319 e. The van der Waals surface area contributed by atoms with Crippen molar-refractivity contribution in [2.75, 3.05) is 11.9 Å². The SMILES string of the molecule is CC(C)(CCO)NC(=O)Nc1ccnc(Cl)c1. The summed E-state index contributed by atoms with van der Waals surface area (Å²) in [6.07, 6.45) is 1.99. The van der Waals surface area contributed by atoms with Gasteiger partial charge in [0.15, 0.2) is 0 Å². The molecule has 0 radical (unpaired) electrons. The van der Waals surface area contributed by atoms with Crippen molar-refractivity contribution in [1.29, 1.82) is 0 Å². The first-order valence-electron chi connectivity index (χ1n) is 5.24. The number of carbonyl (C=O) groups is 1. The number of halogens is 1. The number of carbonyl (C=O) groups excluding carboxylic acids is 1. The zero-order valence-corrected chi connectivity index (χ0v) is 10.6. The Morgan fingerprint density at radius 3 is 2.88 bits per heavy atom. The second-order valence-corrected chi connectivity index (χ2v) is 4.69. The molecule has 0 saturated heterocycles. The molecule has 6 heteroatoms. The van der Waals surface area contributed by atoms with E-state index in [0.29, 0.717) is 17.3 Å². The summed E-state index contributed by atoms with van der Waals surface area (Å²) in [5.74, 6) is 0. The molecule has 94 valence electrons. The molecule has 17 heavy (non-hydrogen) atoms. The zero-order valence-electron chi connectivity index (χ0n) is 9.83. The first-order valence-corrected chi connectivity index (χ1v) is 5.62. The summed E-state index contributed by atoms with van der Waals surface area (Å²) in [5.41, 5.74) is 0.109. The van der Waals surface area contributed by atoms with Crippen LogP contribution in [0.25, 0.3) is 0 Å². The van der Waals surface area contributed by atoms with Crippen LogP contribution in [0.3, 0.4) is 0 Å². The monoisotopic (exact) mass is 257 g/mol. The number of nitrogens with one attached hydrogen (secondary N) is 2. The lowest BCUT2D eigenvalue weighted by Crippen LogP contribution is -2.46. The summed E-state index contributed by atoms with van der Waals surface area (Å²) in [6.45, 7) is 3.69. The number of aromatic nitrogens is 1. The Morgan fingerprint density at radius 2 is 2.29 bits per heavy atom. The first-order chi connectivity index (χ1) is 7.93. The van der Waals surface area contributed by atoms with Crippen LogP contribution in [0.4, 0.5) is 10.5 Å². The molecule has 1 aromatic rings. The fourth-order valence-electron chi connectivity index (χ4n) is 1.29. The molecule has 0 saturated carbocycles. The van der Waals surface area contributed by atoms with Crippen molar-refractivity contribution in [2.45, 2.75) is 25.8 Å². The largest absolute Gasteiger partial charge is 0.396 e. The van der Waals surface area contributed by atoms with Gasteiger partial charge < -0.3 is 15.7 Å². The normalized spacial score (nSPS) is 11.1. The van der Waals surface area contributed by atoms with Gasteiger partial charge in [0, 0.05) is 24.0 Å². The summed E-state index contributed by atoms with van der Waals surface area (Å²) in [6, 6.07) is 2.86. The molecule has 1 heterocycles. The average Bonchev–Trinajstić information content (AvgIpc) is 2.15. The van der Waals surface area contributed by atoms with Crippen LogP contribution in [0.15, 0.2) is 18.3 Å². The Balaban J connectivity index is 2.55. The molecule has 0 fully saturated rings. The minimum absolute atomic E-state index is 0.0222. The molecule has 0 aliphatic rings. The van der Waals surface area contributed by atoms with Crippen LogP contribution in [0.5, 0.6) is 0 Å². The molecule has 0 aliphatic heterocycles. The van der Waals surface area contributed by atoms with E-state index < -0.39 is 5.54 Å². The second kappa shape index (κ2) is 5.84. The van der Waals surface area contributed by atoms with Crippen LogP contribution in [-0.4, -0.2) is 28.3 Å². The van der Waals surface area contributed by atoms with Gasteiger partial charge in [-0.05, 0) is 32.4 Å². The van der Waals surface area contributed by atoms with Crippen LogP contribution in [-0.2, 0) is 0 Å². The van der Waals surface area contributed by atoms with Gasteiger partial charge in [0.25, 0.3) is 0 Å². The van der Waals surface area contributed by atoms with Gasteiger partial charge in [0.05, 0.1) is 0 Å². The molecular weight excluding hydrogens is 242 g/mol. The van der Waals surface area contributed by atoms with Crippen molar-refractivity contribution in [1.82, 2.24) is 10.3 Å². The molecule has 0 unspecified atom stereocenters. The highest BCUT2D eigenvalue weighted by atomic mass is 35.5. The molecule has 0 aromatic carbocycles. The molecule has 0 spiro atoms. The number of hydrogen-bond donors (Lipinski definition) is 3. The van der Waals surface area contributed by atoms with Crippen LogP contribution < -0.4 is 10.6 Å². The summed E-state index contributed by atoms with van der Waals surface area (Å²) < 4.78 is 0. The fraction of sp³-hybridized carbons (Fsp3) is 0.455. The number of amides is 2.